The fourth-order valence-electron chi connectivity index (χ4n) is 3.58. The van der Waals surface area contributed by atoms with Crippen LogP contribution in [0.5, 0.6) is 0 Å². The molecule has 1 N–H and O–H groups in total. The Balaban J connectivity index is 1.90. The molecule has 1 unspecified atom stereocenters. The number of hydrogen-bond donors (Lipinski definition) is 1. The van der Waals surface area contributed by atoms with Gasteiger partial charge in [0.05, 0.1) is 18.2 Å². The number of aliphatic hydroxyl groups is 1. The number of thiophene rings is 1. The zero-order valence-corrected chi connectivity index (χ0v) is 16.1. The van der Waals surface area contributed by atoms with E-state index in [4.69, 9.17) is 0 Å². The summed E-state index contributed by atoms with van der Waals surface area (Å²) in [5.41, 5.74) is 2.47. The number of aliphatic hydroxyl groups excluding tert-OH is 1. The monoisotopic (exact) mass is 389 g/mol. The van der Waals surface area contributed by atoms with E-state index in [1.807, 2.05) is 54.8 Å². The number of likely N-dealkylation sites (tertiary alicyclic amines) is 1. The quantitative estimate of drug-likeness (QED) is 0.400. The second-order valence-corrected chi connectivity index (χ2v) is 7.76. The van der Waals surface area contributed by atoms with Crippen molar-refractivity contribution < 1.29 is 14.7 Å². The molecule has 3 aromatic rings. The number of benzene rings is 2. The lowest BCUT2D eigenvalue weighted by Crippen LogP contribution is -2.29. The van der Waals surface area contributed by atoms with E-state index in [-0.39, 0.29) is 11.3 Å². The Morgan fingerprint density at radius 2 is 1.71 bits per heavy atom. The van der Waals surface area contributed by atoms with Gasteiger partial charge in [-0.05, 0) is 29.5 Å². The third-order valence-corrected chi connectivity index (χ3v) is 5.84. The van der Waals surface area contributed by atoms with Gasteiger partial charge in [-0.3, -0.25) is 9.59 Å². The molecule has 1 amide bonds. The molecular weight excluding hydrogens is 370 g/mol. The van der Waals surface area contributed by atoms with Crippen molar-refractivity contribution in [2.24, 2.45) is 0 Å². The summed E-state index contributed by atoms with van der Waals surface area (Å²) in [4.78, 5) is 28.4. The number of rotatable bonds is 4. The minimum atomic E-state index is -0.647. The smallest absolute Gasteiger partial charge is 0.295 e. The highest BCUT2D eigenvalue weighted by atomic mass is 32.1. The molecule has 1 atom stereocenters. The van der Waals surface area contributed by atoms with Gasteiger partial charge < -0.3 is 10.0 Å². The first-order valence-corrected chi connectivity index (χ1v) is 9.87. The topological polar surface area (TPSA) is 57.6 Å². The van der Waals surface area contributed by atoms with E-state index in [9.17, 15) is 14.7 Å². The van der Waals surface area contributed by atoms with Gasteiger partial charge in [-0.2, -0.15) is 0 Å². The molecular formula is C23H19NO3S. The minimum absolute atomic E-state index is 0.138. The lowest BCUT2D eigenvalue weighted by atomic mass is 9.92. The van der Waals surface area contributed by atoms with E-state index in [0.717, 1.165) is 16.0 Å². The molecule has 0 spiro atoms. The largest absolute Gasteiger partial charge is 0.507 e. The highest BCUT2D eigenvalue weighted by Crippen LogP contribution is 2.41. The number of Topliss-reactive ketones (excluding diaryl/α,β-unsaturated/α-hetero) is 1. The van der Waals surface area contributed by atoms with Crippen LogP contribution in [0.4, 0.5) is 0 Å². The summed E-state index contributed by atoms with van der Waals surface area (Å²) < 4.78 is 0. The Hall–Kier alpha value is -3.18. The van der Waals surface area contributed by atoms with Crippen molar-refractivity contribution in [1.29, 1.82) is 0 Å². The number of nitrogens with zero attached hydrogens (tertiary/aromatic N) is 1. The normalized spacial score (nSPS) is 18.6. The lowest BCUT2D eigenvalue weighted by Gasteiger charge is -2.26. The first kappa shape index (κ1) is 18.2. The molecule has 4 rings (SSSR count). The summed E-state index contributed by atoms with van der Waals surface area (Å²) in [7, 11) is 0. The number of ketones is 1. The van der Waals surface area contributed by atoms with Gasteiger partial charge in [-0.25, -0.2) is 0 Å². The molecule has 1 fully saturated rings. The van der Waals surface area contributed by atoms with Crippen LogP contribution in [-0.4, -0.2) is 21.7 Å². The fraction of sp³-hybridized carbons (Fsp3) is 0.130. The maximum atomic E-state index is 12.9. The average molecular weight is 389 g/mol. The molecule has 4 nitrogen and oxygen atoms in total. The molecule has 1 aliphatic heterocycles. The van der Waals surface area contributed by atoms with E-state index in [0.29, 0.717) is 12.1 Å². The maximum absolute atomic E-state index is 12.9. The van der Waals surface area contributed by atoms with Crippen LogP contribution in [-0.2, 0) is 16.1 Å². The van der Waals surface area contributed by atoms with Gasteiger partial charge in [0.15, 0.2) is 0 Å². The Labute approximate surface area is 167 Å². The van der Waals surface area contributed by atoms with Crippen LogP contribution in [0.25, 0.3) is 5.76 Å². The molecule has 2 heterocycles. The van der Waals surface area contributed by atoms with Crippen molar-refractivity contribution in [2.45, 2.75) is 19.5 Å². The molecule has 140 valence electrons. The summed E-state index contributed by atoms with van der Waals surface area (Å²) in [5, 5.41) is 12.9. The summed E-state index contributed by atoms with van der Waals surface area (Å²) in [6.45, 7) is 2.27. The van der Waals surface area contributed by atoms with Crippen LogP contribution < -0.4 is 0 Å². The fourth-order valence-corrected chi connectivity index (χ4v) is 4.28. The second kappa shape index (κ2) is 7.44. The molecule has 0 aliphatic carbocycles. The van der Waals surface area contributed by atoms with Crippen molar-refractivity contribution in [3.05, 3.63) is 99.3 Å². The van der Waals surface area contributed by atoms with E-state index >= 15 is 0 Å². The first-order valence-electron chi connectivity index (χ1n) is 8.99. The second-order valence-electron chi connectivity index (χ2n) is 6.73. The van der Waals surface area contributed by atoms with Gasteiger partial charge >= 0.3 is 0 Å². The number of carbonyl (C=O) groups excluding carboxylic acids is 2. The SMILES string of the molecule is Cc1ccccc1C1/C(=C(/O)c2ccccc2)C(=O)C(=O)N1Cc1cccs1. The van der Waals surface area contributed by atoms with E-state index < -0.39 is 17.7 Å². The Kier molecular flexibility index (Phi) is 4.84. The third-order valence-electron chi connectivity index (χ3n) is 4.98. The van der Waals surface area contributed by atoms with E-state index in [1.54, 1.807) is 29.2 Å². The van der Waals surface area contributed by atoms with Crippen molar-refractivity contribution >= 4 is 28.8 Å². The first-order chi connectivity index (χ1) is 13.6. The molecule has 1 saturated heterocycles. The molecule has 0 radical (unpaired) electrons. The molecule has 1 aromatic heterocycles. The van der Waals surface area contributed by atoms with Crippen LogP contribution in [0.3, 0.4) is 0 Å². The van der Waals surface area contributed by atoms with Gasteiger partial charge in [0.25, 0.3) is 11.7 Å². The number of amides is 1. The Morgan fingerprint density at radius 1 is 1.00 bits per heavy atom. The number of aryl methyl sites for hydroxylation is 1. The predicted molar refractivity (Wildman–Crippen MR) is 110 cm³/mol. The van der Waals surface area contributed by atoms with Crippen molar-refractivity contribution in [3.8, 4) is 0 Å². The maximum Gasteiger partial charge on any atom is 0.295 e. The van der Waals surface area contributed by atoms with Crippen LogP contribution in [0.2, 0.25) is 0 Å². The van der Waals surface area contributed by atoms with Crippen LogP contribution in [0.15, 0.2) is 77.7 Å². The summed E-state index contributed by atoms with van der Waals surface area (Å²) in [6.07, 6.45) is 0. The van der Waals surface area contributed by atoms with Crippen molar-refractivity contribution in [1.82, 2.24) is 4.90 Å². The minimum Gasteiger partial charge on any atom is -0.507 e. The van der Waals surface area contributed by atoms with Crippen LogP contribution in [0, 0.1) is 6.92 Å². The number of hydrogen-bond acceptors (Lipinski definition) is 4. The molecule has 0 saturated carbocycles. The Bertz CT molecular complexity index is 1050. The zero-order chi connectivity index (χ0) is 19.7. The summed E-state index contributed by atoms with van der Waals surface area (Å²) in [6, 6.07) is 19.8. The highest BCUT2D eigenvalue weighted by Gasteiger charge is 2.46. The standard InChI is InChI=1S/C23H19NO3S/c1-15-8-5-6-12-18(15)20-19(21(25)16-9-3-2-4-10-16)22(26)23(27)24(20)14-17-11-7-13-28-17/h2-13,20,25H,14H2,1H3/b21-19-. The predicted octanol–water partition coefficient (Wildman–Crippen LogP) is 4.68. The van der Waals surface area contributed by atoms with Gasteiger partial charge in [-0.1, -0.05) is 60.7 Å². The van der Waals surface area contributed by atoms with Gasteiger partial charge in [0.2, 0.25) is 0 Å². The third kappa shape index (κ3) is 3.14. The lowest BCUT2D eigenvalue weighted by molar-refractivity contribution is -0.140. The zero-order valence-electron chi connectivity index (χ0n) is 15.3. The van der Waals surface area contributed by atoms with Crippen molar-refractivity contribution in [2.75, 3.05) is 0 Å². The highest BCUT2D eigenvalue weighted by molar-refractivity contribution is 7.09. The molecule has 1 aliphatic rings. The van der Waals surface area contributed by atoms with Gasteiger partial charge in [0.1, 0.15) is 5.76 Å². The van der Waals surface area contributed by atoms with Gasteiger partial charge in [0, 0.05) is 10.4 Å². The molecule has 28 heavy (non-hydrogen) atoms. The average Bonchev–Trinajstić information content (AvgIpc) is 3.31. The number of carbonyl (C=O) groups is 2. The van der Waals surface area contributed by atoms with Crippen molar-refractivity contribution in [3.63, 3.8) is 0 Å². The molecule has 2 aromatic carbocycles. The van der Waals surface area contributed by atoms with Crippen LogP contribution in [0.1, 0.15) is 27.6 Å². The molecule has 5 heteroatoms. The van der Waals surface area contributed by atoms with Gasteiger partial charge in [-0.15, -0.1) is 11.3 Å². The summed E-state index contributed by atoms with van der Waals surface area (Å²) in [5.74, 6) is -1.37. The molecule has 0 bridgehead atoms. The van der Waals surface area contributed by atoms with E-state index in [1.165, 1.54) is 11.3 Å². The Morgan fingerprint density at radius 3 is 2.39 bits per heavy atom. The van der Waals surface area contributed by atoms with Crippen LogP contribution >= 0.6 is 11.3 Å². The van der Waals surface area contributed by atoms with E-state index in [2.05, 4.69) is 0 Å². The summed E-state index contributed by atoms with van der Waals surface area (Å²) >= 11 is 1.54.